The maximum Gasteiger partial charge on any atom is 0.211 e. The molecule has 4 N–H and O–H groups in total. The molecule has 0 spiro atoms. The second-order valence-electron chi connectivity index (χ2n) is 4.85. The Morgan fingerprint density at radius 2 is 2.00 bits per heavy atom. The molecule has 0 amide bonds. The van der Waals surface area contributed by atoms with Gasteiger partial charge in [-0.3, -0.25) is 0 Å². The molecule has 4 nitrogen and oxygen atoms in total. The van der Waals surface area contributed by atoms with Gasteiger partial charge in [-0.1, -0.05) is 20.8 Å². The SMILES string of the molecule is CC1CCC(C(C)C)C(=NN=C(N)N)C1. The molecule has 0 aromatic rings. The largest absolute Gasteiger partial charge is 0.369 e. The van der Waals surface area contributed by atoms with E-state index in [9.17, 15) is 0 Å². The van der Waals surface area contributed by atoms with E-state index in [2.05, 4.69) is 31.0 Å². The van der Waals surface area contributed by atoms with Crippen LogP contribution < -0.4 is 11.5 Å². The van der Waals surface area contributed by atoms with Crippen molar-refractivity contribution in [1.82, 2.24) is 0 Å². The molecule has 0 aromatic heterocycles. The smallest absolute Gasteiger partial charge is 0.211 e. The maximum absolute atomic E-state index is 5.29. The van der Waals surface area contributed by atoms with Crippen molar-refractivity contribution in [3.8, 4) is 0 Å². The molecule has 1 aliphatic rings. The lowest BCUT2D eigenvalue weighted by Gasteiger charge is -2.30. The van der Waals surface area contributed by atoms with Gasteiger partial charge < -0.3 is 11.5 Å². The quantitative estimate of drug-likeness (QED) is 0.413. The summed E-state index contributed by atoms with van der Waals surface area (Å²) in [6.07, 6.45) is 3.51. The predicted octanol–water partition coefficient (Wildman–Crippen LogP) is 1.71. The van der Waals surface area contributed by atoms with Crippen LogP contribution in [-0.4, -0.2) is 11.7 Å². The Hall–Kier alpha value is -1.06. The van der Waals surface area contributed by atoms with E-state index in [-0.39, 0.29) is 5.96 Å². The first-order valence-corrected chi connectivity index (χ1v) is 5.66. The Morgan fingerprint density at radius 3 is 2.53 bits per heavy atom. The van der Waals surface area contributed by atoms with Crippen molar-refractivity contribution in [1.29, 1.82) is 0 Å². The molecule has 0 aromatic carbocycles. The molecule has 1 saturated carbocycles. The number of guanidine groups is 1. The van der Waals surface area contributed by atoms with Crippen LogP contribution in [0.5, 0.6) is 0 Å². The van der Waals surface area contributed by atoms with E-state index >= 15 is 0 Å². The van der Waals surface area contributed by atoms with Crippen molar-refractivity contribution in [3.05, 3.63) is 0 Å². The highest BCUT2D eigenvalue weighted by Gasteiger charge is 2.26. The Bertz CT molecular complexity index is 264. The molecule has 1 rings (SSSR count). The maximum atomic E-state index is 5.29. The number of hydrogen-bond donors (Lipinski definition) is 2. The first-order chi connectivity index (χ1) is 7.00. The molecule has 1 aliphatic carbocycles. The van der Waals surface area contributed by atoms with Crippen molar-refractivity contribution in [2.24, 2.45) is 39.4 Å². The highest BCUT2D eigenvalue weighted by Crippen LogP contribution is 2.31. The Balaban J connectivity index is 2.79. The standard InChI is InChI=1S/C11H22N4/c1-7(2)9-5-4-8(3)6-10(9)14-15-11(12)13/h7-9H,4-6H2,1-3H3,(H4,12,13,15). The van der Waals surface area contributed by atoms with E-state index in [1.54, 1.807) is 0 Å². The van der Waals surface area contributed by atoms with Crippen LogP contribution in [0.15, 0.2) is 10.2 Å². The second-order valence-corrected chi connectivity index (χ2v) is 4.85. The Labute approximate surface area is 91.8 Å². The van der Waals surface area contributed by atoms with E-state index in [0.29, 0.717) is 17.8 Å². The minimum absolute atomic E-state index is 0.0447. The Morgan fingerprint density at radius 1 is 1.33 bits per heavy atom. The molecule has 0 saturated heterocycles. The third-order valence-electron chi connectivity index (χ3n) is 3.05. The fraction of sp³-hybridized carbons (Fsp3) is 0.818. The summed E-state index contributed by atoms with van der Waals surface area (Å²) >= 11 is 0. The summed E-state index contributed by atoms with van der Waals surface area (Å²) in [7, 11) is 0. The van der Waals surface area contributed by atoms with Gasteiger partial charge in [0.15, 0.2) is 0 Å². The molecule has 1 fully saturated rings. The lowest BCUT2D eigenvalue weighted by Crippen LogP contribution is -2.28. The van der Waals surface area contributed by atoms with Gasteiger partial charge >= 0.3 is 0 Å². The number of nitrogens with two attached hydrogens (primary N) is 2. The second kappa shape index (κ2) is 5.14. The van der Waals surface area contributed by atoms with E-state index in [0.717, 1.165) is 12.1 Å². The van der Waals surface area contributed by atoms with Gasteiger partial charge in [0.2, 0.25) is 5.96 Å². The van der Waals surface area contributed by atoms with Crippen molar-refractivity contribution >= 4 is 11.7 Å². The zero-order valence-corrected chi connectivity index (χ0v) is 9.90. The zero-order chi connectivity index (χ0) is 11.4. The van der Waals surface area contributed by atoms with E-state index in [1.165, 1.54) is 12.8 Å². The molecule has 15 heavy (non-hydrogen) atoms. The van der Waals surface area contributed by atoms with Crippen molar-refractivity contribution in [2.45, 2.75) is 40.0 Å². The van der Waals surface area contributed by atoms with E-state index in [4.69, 9.17) is 11.5 Å². The average Bonchev–Trinajstić information content (AvgIpc) is 2.14. The molecule has 0 aliphatic heterocycles. The van der Waals surface area contributed by atoms with Gasteiger partial charge in [-0.2, -0.15) is 5.10 Å². The van der Waals surface area contributed by atoms with Crippen LogP contribution >= 0.6 is 0 Å². The van der Waals surface area contributed by atoms with Gasteiger partial charge in [-0.05, 0) is 31.1 Å². The predicted molar refractivity (Wildman–Crippen MR) is 64.6 cm³/mol. The minimum atomic E-state index is 0.0447. The molecular formula is C11H22N4. The fourth-order valence-electron chi connectivity index (χ4n) is 2.20. The van der Waals surface area contributed by atoms with Gasteiger partial charge in [-0.25, -0.2) is 0 Å². The summed E-state index contributed by atoms with van der Waals surface area (Å²) in [6.45, 7) is 6.71. The molecule has 0 bridgehead atoms. The monoisotopic (exact) mass is 210 g/mol. The van der Waals surface area contributed by atoms with Crippen LogP contribution in [0.3, 0.4) is 0 Å². The fourth-order valence-corrected chi connectivity index (χ4v) is 2.20. The van der Waals surface area contributed by atoms with Gasteiger partial charge in [-0.15, -0.1) is 5.10 Å². The first kappa shape index (κ1) is 12.0. The number of hydrogen-bond acceptors (Lipinski definition) is 2. The third-order valence-corrected chi connectivity index (χ3v) is 3.05. The lowest BCUT2D eigenvalue weighted by atomic mass is 9.76. The van der Waals surface area contributed by atoms with Crippen LogP contribution in [0.1, 0.15) is 40.0 Å². The molecule has 2 atom stereocenters. The zero-order valence-electron chi connectivity index (χ0n) is 9.90. The lowest BCUT2D eigenvalue weighted by molar-refractivity contribution is 0.364. The van der Waals surface area contributed by atoms with Crippen LogP contribution in [0.4, 0.5) is 0 Å². The Kier molecular flexibility index (Phi) is 4.12. The van der Waals surface area contributed by atoms with Gasteiger partial charge in [0, 0.05) is 11.6 Å². The molecular weight excluding hydrogens is 188 g/mol. The van der Waals surface area contributed by atoms with Crippen molar-refractivity contribution in [3.63, 3.8) is 0 Å². The molecule has 0 heterocycles. The summed E-state index contributed by atoms with van der Waals surface area (Å²) in [5, 5.41) is 7.97. The van der Waals surface area contributed by atoms with Crippen molar-refractivity contribution in [2.75, 3.05) is 0 Å². The molecule has 4 heteroatoms. The number of nitrogens with zero attached hydrogens (tertiary/aromatic N) is 2. The van der Waals surface area contributed by atoms with Crippen molar-refractivity contribution < 1.29 is 0 Å². The summed E-state index contributed by atoms with van der Waals surface area (Å²) < 4.78 is 0. The van der Waals surface area contributed by atoms with Gasteiger partial charge in [0.1, 0.15) is 0 Å². The number of rotatable bonds is 2. The topological polar surface area (TPSA) is 76.8 Å². The van der Waals surface area contributed by atoms with Crippen LogP contribution in [0.2, 0.25) is 0 Å². The highest BCUT2D eigenvalue weighted by atomic mass is 15.3. The highest BCUT2D eigenvalue weighted by molar-refractivity contribution is 5.88. The molecule has 2 unspecified atom stereocenters. The third kappa shape index (κ3) is 3.53. The van der Waals surface area contributed by atoms with E-state index < -0.39 is 0 Å². The first-order valence-electron chi connectivity index (χ1n) is 5.66. The summed E-state index contributed by atoms with van der Waals surface area (Å²) in [6, 6.07) is 0. The van der Waals surface area contributed by atoms with Gasteiger partial charge in [0.25, 0.3) is 0 Å². The van der Waals surface area contributed by atoms with Crippen LogP contribution in [0, 0.1) is 17.8 Å². The normalized spacial score (nSPS) is 29.5. The minimum Gasteiger partial charge on any atom is -0.369 e. The van der Waals surface area contributed by atoms with Crippen LogP contribution in [-0.2, 0) is 0 Å². The van der Waals surface area contributed by atoms with Crippen LogP contribution in [0.25, 0.3) is 0 Å². The summed E-state index contributed by atoms with van der Waals surface area (Å²) in [5.41, 5.74) is 11.7. The summed E-state index contributed by atoms with van der Waals surface area (Å²) in [4.78, 5) is 0. The molecule has 0 radical (unpaired) electrons. The summed E-state index contributed by atoms with van der Waals surface area (Å²) in [5.74, 6) is 1.91. The average molecular weight is 210 g/mol. The van der Waals surface area contributed by atoms with Gasteiger partial charge in [0.05, 0.1) is 0 Å². The molecule has 86 valence electrons. The van der Waals surface area contributed by atoms with E-state index in [1.807, 2.05) is 0 Å².